The maximum Gasteiger partial charge on any atom is 0.241 e. The van der Waals surface area contributed by atoms with Gasteiger partial charge in [0.25, 0.3) is 0 Å². The molecule has 3 nitrogen and oxygen atoms in total. The van der Waals surface area contributed by atoms with Crippen LogP contribution in [0.25, 0.3) is 0 Å². The molecule has 0 radical (unpaired) electrons. The summed E-state index contributed by atoms with van der Waals surface area (Å²) in [7, 11) is 0. The molecule has 0 unspecified atom stereocenters. The maximum absolute atomic E-state index is 9.46. The van der Waals surface area contributed by atoms with E-state index in [1.165, 1.54) is 6.08 Å². The molecule has 0 aromatic carbocycles. The molecule has 0 amide bonds. The van der Waals surface area contributed by atoms with Gasteiger partial charge in [0, 0.05) is 6.42 Å². The van der Waals surface area contributed by atoms with E-state index in [4.69, 9.17) is 5.41 Å². The molecular formula is C5H8N2O. The molecule has 0 aromatic rings. The highest BCUT2D eigenvalue weighted by Gasteiger charge is 1.86. The van der Waals surface area contributed by atoms with Crippen LogP contribution in [0.2, 0.25) is 0 Å². The molecule has 0 aliphatic heterocycles. The molecule has 0 saturated heterocycles. The lowest BCUT2D eigenvalue weighted by molar-refractivity contribution is 0.565. The summed E-state index contributed by atoms with van der Waals surface area (Å²) in [5, 5.41) is 6.86. The molecule has 0 saturated carbocycles. The molecule has 8 heavy (non-hydrogen) atoms. The third kappa shape index (κ3) is 3.25. The van der Waals surface area contributed by atoms with Crippen molar-refractivity contribution in [3.8, 4) is 0 Å². The van der Waals surface area contributed by atoms with Gasteiger partial charge in [0.2, 0.25) is 6.08 Å². The molecule has 0 aliphatic rings. The van der Waals surface area contributed by atoms with Gasteiger partial charge in [0.15, 0.2) is 0 Å². The number of carbonyl (C=O) groups excluding carboxylic acids is 1. The van der Waals surface area contributed by atoms with E-state index in [1.807, 2.05) is 6.92 Å². The SMILES string of the molecule is CCCC(=N)N=C=O. The Kier molecular flexibility index (Phi) is 3.71. The van der Waals surface area contributed by atoms with Crippen LogP contribution in [-0.2, 0) is 4.79 Å². The average molecular weight is 112 g/mol. The third-order valence-corrected chi connectivity index (χ3v) is 0.667. The minimum atomic E-state index is 0.113. The first-order chi connectivity index (χ1) is 3.81. The number of nitrogens with zero attached hydrogens (tertiary/aromatic N) is 1. The minimum Gasteiger partial charge on any atom is -0.286 e. The van der Waals surface area contributed by atoms with Crippen molar-refractivity contribution < 1.29 is 4.79 Å². The Balaban J connectivity index is 3.49. The first-order valence-electron chi connectivity index (χ1n) is 2.46. The largest absolute Gasteiger partial charge is 0.286 e. The van der Waals surface area contributed by atoms with Crippen molar-refractivity contribution in [3.05, 3.63) is 0 Å². The summed E-state index contributed by atoms with van der Waals surface area (Å²) in [5.74, 6) is 0.113. The molecular weight excluding hydrogens is 104 g/mol. The van der Waals surface area contributed by atoms with Crippen LogP contribution in [0.3, 0.4) is 0 Å². The van der Waals surface area contributed by atoms with Crippen LogP contribution >= 0.6 is 0 Å². The van der Waals surface area contributed by atoms with Crippen molar-refractivity contribution in [3.63, 3.8) is 0 Å². The van der Waals surface area contributed by atoms with E-state index >= 15 is 0 Å². The summed E-state index contributed by atoms with van der Waals surface area (Å²) in [6, 6.07) is 0. The second kappa shape index (κ2) is 4.22. The summed E-state index contributed by atoms with van der Waals surface area (Å²) in [4.78, 5) is 12.5. The van der Waals surface area contributed by atoms with Crippen molar-refractivity contribution in [1.82, 2.24) is 0 Å². The van der Waals surface area contributed by atoms with E-state index in [1.54, 1.807) is 0 Å². The van der Waals surface area contributed by atoms with Crippen molar-refractivity contribution in [2.24, 2.45) is 4.99 Å². The molecule has 3 heteroatoms. The Morgan fingerprint density at radius 1 is 1.88 bits per heavy atom. The van der Waals surface area contributed by atoms with Crippen molar-refractivity contribution in [2.75, 3.05) is 0 Å². The van der Waals surface area contributed by atoms with Gasteiger partial charge in [-0.3, -0.25) is 5.41 Å². The third-order valence-electron chi connectivity index (χ3n) is 0.667. The number of hydrogen-bond donors (Lipinski definition) is 1. The summed E-state index contributed by atoms with van der Waals surface area (Å²) >= 11 is 0. The lowest BCUT2D eigenvalue weighted by Crippen LogP contribution is -1.87. The fourth-order valence-electron chi connectivity index (χ4n) is 0.348. The minimum absolute atomic E-state index is 0.113. The summed E-state index contributed by atoms with van der Waals surface area (Å²) in [5.41, 5.74) is 0. The zero-order chi connectivity index (χ0) is 6.41. The molecule has 44 valence electrons. The van der Waals surface area contributed by atoms with E-state index < -0.39 is 0 Å². The van der Waals surface area contributed by atoms with E-state index in [0.717, 1.165) is 6.42 Å². The zero-order valence-corrected chi connectivity index (χ0v) is 4.77. The zero-order valence-electron chi connectivity index (χ0n) is 4.77. The number of rotatable bonds is 2. The molecule has 1 N–H and O–H groups in total. The fourth-order valence-corrected chi connectivity index (χ4v) is 0.348. The van der Waals surface area contributed by atoms with Gasteiger partial charge in [0.1, 0.15) is 5.84 Å². The number of hydrogen-bond acceptors (Lipinski definition) is 2. The normalized spacial score (nSPS) is 7.62. The molecule has 0 spiro atoms. The fraction of sp³-hybridized carbons (Fsp3) is 0.600. The van der Waals surface area contributed by atoms with Crippen LogP contribution in [-0.4, -0.2) is 11.9 Å². The molecule has 0 rings (SSSR count). The summed E-state index contributed by atoms with van der Waals surface area (Å²) in [6.07, 6.45) is 2.72. The van der Waals surface area contributed by atoms with Gasteiger partial charge in [-0.15, -0.1) is 0 Å². The van der Waals surface area contributed by atoms with Gasteiger partial charge in [0.05, 0.1) is 0 Å². The van der Waals surface area contributed by atoms with Gasteiger partial charge in [-0.2, -0.15) is 4.99 Å². The number of aliphatic imine (C=N–C) groups is 1. The Bertz CT molecular complexity index is 124. The van der Waals surface area contributed by atoms with Crippen molar-refractivity contribution in [2.45, 2.75) is 19.8 Å². The van der Waals surface area contributed by atoms with Crippen LogP contribution < -0.4 is 0 Å². The lowest BCUT2D eigenvalue weighted by atomic mass is 10.3. The second-order valence-corrected chi connectivity index (χ2v) is 1.40. The molecule has 0 aromatic heterocycles. The molecule has 0 fully saturated rings. The number of isocyanates is 1. The van der Waals surface area contributed by atoms with E-state index in [0.29, 0.717) is 6.42 Å². The lowest BCUT2D eigenvalue weighted by Gasteiger charge is -1.85. The second-order valence-electron chi connectivity index (χ2n) is 1.40. The number of nitrogens with one attached hydrogen (secondary N) is 1. The van der Waals surface area contributed by atoms with Crippen molar-refractivity contribution >= 4 is 11.9 Å². The van der Waals surface area contributed by atoms with Crippen LogP contribution in [0, 0.1) is 5.41 Å². The highest BCUT2D eigenvalue weighted by atomic mass is 16.1. The predicted octanol–water partition coefficient (Wildman–Crippen LogP) is 1.10. The average Bonchev–Trinajstić information content (AvgIpc) is 1.68. The van der Waals surface area contributed by atoms with Gasteiger partial charge < -0.3 is 0 Å². The maximum atomic E-state index is 9.46. The topological polar surface area (TPSA) is 53.3 Å². The summed E-state index contributed by atoms with van der Waals surface area (Å²) in [6.45, 7) is 1.93. The first-order valence-corrected chi connectivity index (χ1v) is 2.46. The van der Waals surface area contributed by atoms with E-state index in [2.05, 4.69) is 4.99 Å². The molecule has 0 aliphatic carbocycles. The van der Waals surface area contributed by atoms with E-state index in [-0.39, 0.29) is 5.84 Å². The molecule has 0 atom stereocenters. The van der Waals surface area contributed by atoms with Gasteiger partial charge in [-0.1, -0.05) is 6.92 Å². The first kappa shape index (κ1) is 7.05. The van der Waals surface area contributed by atoms with Gasteiger partial charge in [-0.05, 0) is 6.42 Å². The Hall–Kier alpha value is -0.950. The standard InChI is InChI=1S/C5H8N2O/c1-2-3-5(6)7-4-8/h6H,2-3H2,1H3. The van der Waals surface area contributed by atoms with Crippen LogP contribution in [0.4, 0.5) is 0 Å². The van der Waals surface area contributed by atoms with Crippen LogP contribution in [0.5, 0.6) is 0 Å². The smallest absolute Gasteiger partial charge is 0.241 e. The highest BCUT2D eigenvalue weighted by Crippen LogP contribution is 1.87. The van der Waals surface area contributed by atoms with Crippen molar-refractivity contribution in [1.29, 1.82) is 5.41 Å². The number of amidine groups is 1. The van der Waals surface area contributed by atoms with Crippen LogP contribution in [0.1, 0.15) is 19.8 Å². The molecule has 0 bridgehead atoms. The Morgan fingerprint density at radius 2 is 2.50 bits per heavy atom. The Morgan fingerprint density at radius 3 is 2.88 bits per heavy atom. The van der Waals surface area contributed by atoms with Gasteiger partial charge >= 0.3 is 0 Å². The quantitative estimate of drug-likeness (QED) is 0.324. The molecule has 0 heterocycles. The highest BCUT2D eigenvalue weighted by molar-refractivity contribution is 5.83. The predicted molar refractivity (Wildman–Crippen MR) is 30.8 cm³/mol. The monoisotopic (exact) mass is 112 g/mol. The van der Waals surface area contributed by atoms with E-state index in [9.17, 15) is 4.79 Å². The van der Waals surface area contributed by atoms with Gasteiger partial charge in [-0.25, -0.2) is 4.79 Å². The summed E-state index contributed by atoms with van der Waals surface area (Å²) < 4.78 is 0. The Labute approximate surface area is 47.9 Å². The van der Waals surface area contributed by atoms with Crippen LogP contribution in [0.15, 0.2) is 4.99 Å².